The van der Waals surface area contributed by atoms with Gasteiger partial charge in [-0.2, -0.15) is 0 Å². The molecule has 0 fully saturated rings. The van der Waals surface area contributed by atoms with Gasteiger partial charge in [-0.1, -0.05) is 147 Å². The summed E-state index contributed by atoms with van der Waals surface area (Å²) in [6.07, 6.45) is 15.1. The van der Waals surface area contributed by atoms with E-state index in [0.29, 0.717) is 4.22 Å². The maximum atomic E-state index is 10.1. The third-order valence-corrected chi connectivity index (χ3v) is 5.36. The number of hydrogen-bond acceptors (Lipinski definition) is 3. The Hall–Kier alpha value is -2.53. The van der Waals surface area contributed by atoms with Gasteiger partial charge in [0, 0.05) is 0 Å². The van der Waals surface area contributed by atoms with Crippen LogP contribution < -0.4 is 15.3 Å². The fourth-order valence-electron chi connectivity index (χ4n) is 3.04. The van der Waals surface area contributed by atoms with Gasteiger partial charge in [-0.05, 0) is 24.0 Å². The first-order valence-corrected chi connectivity index (χ1v) is 15.7. The molecule has 43 heavy (non-hydrogen) atoms. The van der Waals surface area contributed by atoms with E-state index in [1.165, 1.54) is 22.3 Å². The Bertz CT molecular complexity index is 1100. The van der Waals surface area contributed by atoms with Crippen molar-refractivity contribution in [3.8, 4) is 0 Å². The van der Waals surface area contributed by atoms with Crippen LogP contribution >= 0.6 is 0 Å². The topological polar surface area (TPSA) is 69.2 Å². The van der Waals surface area contributed by atoms with Crippen LogP contribution in [0, 0.1) is 0 Å². The van der Waals surface area contributed by atoms with Crippen LogP contribution in [0.15, 0.2) is 115 Å². The second kappa shape index (κ2) is 21.2. The second-order valence-corrected chi connectivity index (χ2v) is 14.0. The molecule has 1 aliphatic rings. The molecular formula is C39H52O3Ti. The number of allylic oxidation sites excluding steroid dienone is 5. The molecule has 0 bridgehead atoms. The standard InChI is InChI=1S/C18H18.C9H7.3C4H9O.Ti/c1(5-11-17-13-7-3-8-14-17)2-6-12-18-15-9-4-10-16-18;1-2-5-9-7-3-6-8(9)4-1;3*1-4(2,3)5;/h1-10,13-16H,11-12H2;1-7H;3*1-3H3;/q;;3*-1;+3. The van der Waals surface area contributed by atoms with Gasteiger partial charge < -0.3 is 15.3 Å². The summed E-state index contributed by atoms with van der Waals surface area (Å²) in [4.78, 5) is 0. The molecule has 4 rings (SSSR count). The number of rotatable bonds is 5. The quantitative estimate of drug-likeness (QED) is 0.223. The van der Waals surface area contributed by atoms with Crippen LogP contribution in [-0.4, -0.2) is 16.8 Å². The molecule has 1 aliphatic carbocycles. The van der Waals surface area contributed by atoms with Crippen molar-refractivity contribution in [3.05, 3.63) is 138 Å². The van der Waals surface area contributed by atoms with Gasteiger partial charge in [-0.15, -0.1) is 16.8 Å². The van der Waals surface area contributed by atoms with Crippen LogP contribution in [0.25, 0.3) is 6.08 Å². The van der Waals surface area contributed by atoms with E-state index >= 15 is 0 Å². The van der Waals surface area contributed by atoms with Gasteiger partial charge in [-0.25, -0.2) is 0 Å². The van der Waals surface area contributed by atoms with E-state index in [2.05, 4.69) is 130 Å². The molecule has 0 amide bonds. The normalized spacial score (nSPS) is 13.9. The molecule has 0 saturated carbocycles. The number of hydrogen-bond donors (Lipinski definition) is 0. The van der Waals surface area contributed by atoms with Crippen molar-refractivity contribution in [3.63, 3.8) is 0 Å². The SMILES string of the molecule is C(C=CCc1ccccc1)=CCc1ccccc1.CC(C)(C)[O-].CC(C)(C)[O-].CC(C)(C)[O-].[Ti+3][CH]1C=Cc2ccccc21. The number of benzene rings is 3. The molecule has 0 aliphatic heterocycles. The molecule has 3 nitrogen and oxygen atoms in total. The Kier molecular flexibility index (Phi) is 20.0. The Morgan fingerprint density at radius 1 is 0.558 bits per heavy atom. The van der Waals surface area contributed by atoms with Crippen molar-refractivity contribution in [1.29, 1.82) is 0 Å². The Balaban J connectivity index is 0.000000592. The molecule has 3 aromatic carbocycles. The van der Waals surface area contributed by atoms with Gasteiger partial charge in [0.1, 0.15) is 0 Å². The molecule has 1 unspecified atom stereocenters. The summed E-state index contributed by atoms with van der Waals surface area (Å²) in [7, 11) is 0. The Morgan fingerprint density at radius 3 is 1.23 bits per heavy atom. The van der Waals surface area contributed by atoms with Gasteiger partial charge in [-0.3, -0.25) is 0 Å². The Labute approximate surface area is 274 Å². The van der Waals surface area contributed by atoms with Gasteiger partial charge in [0.05, 0.1) is 0 Å². The first kappa shape index (κ1) is 40.5. The Morgan fingerprint density at radius 2 is 0.884 bits per heavy atom. The molecule has 0 N–H and O–H groups in total. The summed E-state index contributed by atoms with van der Waals surface area (Å²) in [6.45, 7) is 14.7. The van der Waals surface area contributed by atoms with Crippen molar-refractivity contribution in [2.75, 3.05) is 0 Å². The fourth-order valence-corrected chi connectivity index (χ4v) is 3.60. The molecule has 0 radical (unpaired) electrons. The van der Waals surface area contributed by atoms with E-state index in [0.717, 1.165) is 12.8 Å². The van der Waals surface area contributed by atoms with Crippen LogP contribution in [-0.2, 0) is 33.3 Å². The average Bonchev–Trinajstić information content (AvgIpc) is 3.26. The van der Waals surface area contributed by atoms with Crippen LogP contribution in [0.3, 0.4) is 0 Å². The zero-order valence-corrected chi connectivity index (χ0v) is 29.3. The van der Waals surface area contributed by atoms with E-state index in [1.807, 2.05) is 12.1 Å². The van der Waals surface area contributed by atoms with E-state index < -0.39 is 16.8 Å². The number of fused-ring (bicyclic) bond motifs is 1. The maximum absolute atomic E-state index is 10.1. The third-order valence-electron chi connectivity index (χ3n) is 4.58. The molecule has 1 atom stereocenters. The van der Waals surface area contributed by atoms with Gasteiger partial charge in [0.15, 0.2) is 0 Å². The predicted octanol–water partition coefficient (Wildman–Crippen LogP) is 7.32. The molecule has 0 saturated heterocycles. The van der Waals surface area contributed by atoms with Crippen LogP contribution in [0.4, 0.5) is 0 Å². The first-order valence-electron chi connectivity index (χ1n) is 14.8. The van der Waals surface area contributed by atoms with Gasteiger partial charge >= 0.3 is 72.2 Å². The van der Waals surface area contributed by atoms with Crippen molar-refractivity contribution in [2.24, 2.45) is 0 Å². The molecule has 0 heterocycles. The first-order chi connectivity index (χ1) is 19.8. The average molecular weight is 617 g/mol. The monoisotopic (exact) mass is 616 g/mol. The molecule has 4 heteroatoms. The van der Waals surface area contributed by atoms with Gasteiger partial charge in [0.25, 0.3) is 0 Å². The van der Waals surface area contributed by atoms with E-state index in [4.69, 9.17) is 0 Å². The third kappa shape index (κ3) is 30.7. The zero-order chi connectivity index (χ0) is 32.9. The fraction of sp³-hybridized carbons (Fsp3) is 0.385. The van der Waals surface area contributed by atoms with Crippen LogP contribution in [0.5, 0.6) is 0 Å². The summed E-state index contributed by atoms with van der Waals surface area (Å²) in [5, 5.41) is 30.3. The summed E-state index contributed by atoms with van der Waals surface area (Å²) >= 11 is 2.22. The molecule has 230 valence electrons. The van der Waals surface area contributed by atoms with Crippen molar-refractivity contribution >= 4 is 6.08 Å². The minimum absolute atomic E-state index is 0.621. The molecule has 0 spiro atoms. The second-order valence-electron chi connectivity index (χ2n) is 13.0. The molecular weight excluding hydrogens is 564 g/mol. The minimum atomic E-state index is -0.750. The predicted molar refractivity (Wildman–Crippen MR) is 176 cm³/mol. The van der Waals surface area contributed by atoms with E-state index in [1.54, 1.807) is 62.3 Å². The van der Waals surface area contributed by atoms with Crippen LogP contribution in [0.2, 0.25) is 0 Å². The summed E-state index contributed by atoms with van der Waals surface area (Å²) in [6, 6.07) is 29.6. The zero-order valence-electron chi connectivity index (χ0n) is 27.8. The van der Waals surface area contributed by atoms with Crippen molar-refractivity contribution in [1.82, 2.24) is 0 Å². The van der Waals surface area contributed by atoms with E-state index in [-0.39, 0.29) is 0 Å². The summed E-state index contributed by atoms with van der Waals surface area (Å²) < 4.78 is 0.621. The van der Waals surface area contributed by atoms with Crippen molar-refractivity contribution < 1.29 is 35.8 Å². The molecule has 3 aromatic rings. The molecule has 0 aromatic heterocycles. The van der Waals surface area contributed by atoms with Gasteiger partial charge in [0.2, 0.25) is 0 Å². The summed E-state index contributed by atoms with van der Waals surface area (Å²) in [5.74, 6) is 0. The van der Waals surface area contributed by atoms with E-state index in [9.17, 15) is 15.3 Å². The summed E-state index contributed by atoms with van der Waals surface area (Å²) in [5.41, 5.74) is 3.30. The van der Waals surface area contributed by atoms with Crippen LogP contribution in [0.1, 0.15) is 88.8 Å². The van der Waals surface area contributed by atoms with Crippen molar-refractivity contribution in [2.45, 2.75) is 96.2 Å².